The molecule has 2 aromatic rings. The van der Waals surface area contributed by atoms with Crippen LogP contribution in [0.4, 0.5) is 11.4 Å². The van der Waals surface area contributed by atoms with E-state index in [4.69, 9.17) is 9.88 Å². The summed E-state index contributed by atoms with van der Waals surface area (Å²) >= 11 is 0. The number of benzene rings is 2. The molecule has 12 heteroatoms. The van der Waals surface area contributed by atoms with E-state index in [0.717, 1.165) is 17.0 Å². The monoisotopic (exact) mass is 447 g/mol. The maximum absolute atomic E-state index is 12.8. The SMILES string of the molecule is CCOC(=O)[C@H]1C(=O)C(=O)N(c2ccc(S(N)(=O)=O)cc2)[C@H]1c1ccc([N+](=O)[O-])cc1. The second kappa shape index (κ2) is 8.24. The van der Waals surface area contributed by atoms with Gasteiger partial charge in [-0.2, -0.15) is 0 Å². The Morgan fingerprint density at radius 1 is 1.13 bits per heavy atom. The molecule has 1 aliphatic heterocycles. The van der Waals surface area contributed by atoms with Crippen molar-refractivity contribution in [2.45, 2.75) is 17.9 Å². The predicted octanol–water partition coefficient (Wildman–Crippen LogP) is 1.08. The average molecular weight is 447 g/mol. The van der Waals surface area contributed by atoms with Crippen molar-refractivity contribution < 1.29 is 32.5 Å². The third kappa shape index (κ3) is 4.15. The lowest BCUT2D eigenvalue weighted by Crippen LogP contribution is -2.31. The van der Waals surface area contributed by atoms with Crippen molar-refractivity contribution in [2.75, 3.05) is 11.5 Å². The average Bonchev–Trinajstić information content (AvgIpc) is 2.98. The first-order chi connectivity index (χ1) is 14.6. The number of ether oxygens (including phenoxy) is 1. The number of sulfonamides is 1. The minimum atomic E-state index is -3.99. The zero-order chi connectivity index (χ0) is 22.9. The van der Waals surface area contributed by atoms with Crippen molar-refractivity contribution in [1.82, 2.24) is 0 Å². The first kappa shape index (κ1) is 22.1. The molecule has 0 spiro atoms. The summed E-state index contributed by atoms with van der Waals surface area (Å²) in [7, 11) is -3.99. The van der Waals surface area contributed by atoms with Gasteiger partial charge in [-0.3, -0.25) is 29.4 Å². The van der Waals surface area contributed by atoms with Crippen molar-refractivity contribution >= 4 is 39.1 Å². The van der Waals surface area contributed by atoms with Gasteiger partial charge in [-0.1, -0.05) is 12.1 Å². The van der Waals surface area contributed by atoms with Gasteiger partial charge in [0, 0.05) is 17.8 Å². The quantitative estimate of drug-likeness (QED) is 0.226. The molecule has 11 nitrogen and oxygen atoms in total. The second-order valence-electron chi connectivity index (χ2n) is 6.60. The van der Waals surface area contributed by atoms with E-state index in [-0.39, 0.29) is 22.9 Å². The smallest absolute Gasteiger partial charge is 0.319 e. The summed E-state index contributed by atoms with van der Waals surface area (Å²) in [5.74, 6) is -4.40. The Morgan fingerprint density at radius 3 is 2.19 bits per heavy atom. The summed E-state index contributed by atoms with van der Waals surface area (Å²) in [5.41, 5.74) is 0.218. The van der Waals surface area contributed by atoms with Crippen molar-refractivity contribution in [2.24, 2.45) is 11.1 Å². The molecule has 162 valence electrons. The van der Waals surface area contributed by atoms with Crippen LogP contribution >= 0.6 is 0 Å². The van der Waals surface area contributed by atoms with Crippen molar-refractivity contribution in [1.29, 1.82) is 0 Å². The van der Waals surface area contributed by atoms with Gasteiger partial charge in [0.2, 0.25) is 15.8 Å². The fraction of sp³-hybridized carbons (Fsp3) is 0.211. The maximum atomic E-state index is 12.8. The number of amides is 1. The molecule has 1 amide bonds. The van der Waals surface area contributed by atoms with E-state index in [9.17, 15) is 32.9 Å². The molecule has 1 aliphatic rings. The maximum Gasteiger partial charge on any atom is 0.319 e. The Balaban J connectivity index is 2.12. The lowest BCUT2D eigenvalue weighted by atomic mass is 9.92. The highest BCUT2D eigenvalue weighted by Crippen LogP contribution is 2.40. The van der Waals surface area contributed by atoms with Crippen LogP contribution < -0.4 is 10.0 Å². The molecule has 0 unspecified atom stereocenters. The third-order valence-corrected chi connectivity index (χ3v) is 5.66. The fourth-order valence-corrected chi connectivity index (χ4v) is 3.86. The molecule has 31 heavy (non-hydrogen) atoms. The molecular weight excluding hydrogens is 430 g/mol. The molecule has 0 aliphatic carbocycles. The van der Waals surface area contributed by atoms with Gasteiger partial charge in [0.1, 0.15) is 5.92 Å². The molecule has 2 atom stereocenters. The first-order valence-electron chi connectivity index (χ1n) is 8.97. The van der Waals surface area contributed by atoms with E-state index < -0.39 is 44.6 Å². The molecule has 1 fully saturated rings. The number of non-ortho nitro benzene ring substituents is 1. The van der Waals surface area contributed by atoms with Crippen LogP contribution in [0.5, 0.6) is 0 Å². The van der Waals surface area contributed by atoms with Crippen molar-refractivity contribution in [3.63, 3.8) is 0 Å². The van der Waals surface area contributed by atoms with Crippen LogP contribution in [0.1, 0.15) is 18.5 Å². The lowest BCUT2D eigenvalue weighted by molar-refractivity contribution is -0.384. The Kier molecular flexibility index (Phi) is 5.86. The number of esters is 1. The molecule has 1 saturated heterocycles. The van der Waals surface area contributed by atoms with Crippen LogP contribution in [0.25, 0.3) is 0 Å². The number of hydrogen-bond donors (Lipinski definition) is 1. The van der Waals surface area contributed by atoms with Crippen LogP contribution in [0.3, 0.4) is 0 Å². The van der Waals surface area contributed by atoms with Crippen LogP contribution in [-0.2, 0) is 29.1 Å². The minimum absolute atomic E-state index is 0.0210. The van der Waals surface area contributed by atoms with E-state index in [1.807, 2.05) is 0 Å². The zero-order valence-corrected chi connectivity index (χ0v) is 16.9. The van der Waals surface area contributed by atoms with Crippen molar-refractivity contribution in [3.8, 4) is 0 Å². The number of nitrogens with zero attached hydrogens (tertiary/aromatic N) is 2. The standard InChI is InChI=1S/C19H17N3O8S/c1-2-30-19(25)15-16(11-3-5-13(6-4-11)22(26)27)21(18(24)17(15)23)12-7-9-14(10-8-12)31(20,28)29/h3-10,15-16H,2H2,1H3,(H2,20,28,29)/t15-,16+/m1/s1. The van der Waals surface area contributed by atoms with Gasteiger partial charge < -0.3 is 4.74 Å². The topological polar surface area (TPSA) is 167 Å². The number of nitro groups is 1. The van der Waals surface area contributed by atoms with Gasteiger partial charge in [-0.15, -0.1) is 0 Å². The molecule has 2 N–H and O–H groups in total. The number of ketones is 1. The number of hydrogen-bond acceptors (Lipinski definition) is 8. The van der Waals surface area contributed by atoms with Gasteiger partial charge in [0.15, 0.2) is 0 Å². The van der Waals surface area contributed by atoms with Gasteiger partial charge in [-0.05, 0) is 36.8 Å². The summed E-state index contributed by atoms with van der Waals surface area (Å²) in [6.07, 6.45) is 0. The van der Waals surface area contributed by atoms with E-state index >= 15 is 0 Å². The zero-order valence-electron chi connectivity index (χ0n) is 16.1. The van der Waals surface area contributed by atoms with Crippen LogP contribution in [0.2, 0.25) is 0 Å². The Hall–Kier alpha value is -3.64. The van der Waals surface area contributed by atoms with Gasteiger partial charge >= 0.3 is 5.97 Å². The molecule has 0 saturated carbocycles. The third-order valence-electron chi connectivity index (χ3n) is 4.74. The highest BCUT2D eigenvalue weighted by molar-refractivity contribution is 7.89. The number of carbonyl (C=O) groups is 3. The van der Waals surface area contributed by atoms with E-state index in [1.54, 1.807) is 6.92 Å². The van der Waals surface area contributed by atoms with E-state index in [1.165, 1.54) is 36.4 Å². The van der Waals surface area contributed by atoms with Crippen LogP contribution in [0.15, 0.2) is 53.4 Å². The number of primary sulfonamides is 1. The van der Waals surface area contributed by atoms with Gasteiger partial charge in [0.05, 0.1) is 22.5 Å². The first-order valence-corrected chi connectivity index (χ1v) is 10.5. The number of nitrogens with two attached hydrogens (primary N) is 1. The van der Waals surface area contributed by atoms with E-state index in [0.29, 0.717) is 5.56 Å². The van der Waals surface area contributed by atoms with E-state index in [2.05, 4.69) is 0 Å². The number of anilines is 1. The summed E-state index contributed by atoms with van der Waals surface area (Å²) in [6, 6.07) is 8.79. The van der Waals surface area contributed by atoms with Gasteiger partial charge in [0.25, 0.3) is 11.6 Å². The molecule has 0 aromatic heterocycles. The normalized spacial score (nSPS) is 18.8. The lowest BCUT2D eigenvalue weighted by Gasteiger charge is -2.27. The summed E-state index contributed by atoms with van der Waals surface area (Å²) in [4.78, 5) is 49.1. The van der Waals surface area contributed by atoms with Crippen LogP contribution in [-0.4, -0.2) is 37.6 Å². The Morgan fingerprint density at radius 2 is 1.71 bits per heavy atom. The molecule has 0 bridgehead atoms. The minimum Gasteiger partial charge on any atom is -0.465 e. The Labute approximate surface area is 176 Å². The van der Waals surface area contributed by atoms with Gasteiger partial charge in [-0.25, -0.2) is 13.6 Å². The fourth-order valence-electron chi connectivity index (χ4n) is 3.35. The largest absolute Gasteiger partial charge is 0.465 e. The summed E-state index contributed by atoms with van der Waals surface area (Å²) in [6.45, 7) is 1.52. The molecule has 1 heterocycles. The summed E-state index contributed by atoms with van der Waals surface area (Å²) < 4.78 is 28.0. The number of carbonyl (C=O) groups excluding carboxylic acids is 3. The second-order valence-corrected chi connectivity index (χ2v) is 8.16. The van der Waals surface area contributed by atoms with Crippen LogP contribution in [0, 0.1) is 16.0 Å². The van der Waals surface area contributed by atoms with Crippen molar-refractivity contribution in [3.05, 3.63) is 64.2 Å². The number of rotatable bonds is 6. The molecule has 3 rings (SSSR count). The summed E-state index contributed by atoms with van der Waals surface area (Å²) in [5, 5.41) is 16.0. The predicted molar refractivity (Wildman–Crippen MR) is 106 cm³/mol. The molecule has 0 radical (unpaired) electrons. The highest BCUT2D eigenvalue weighted by atomic mass is 32.2. The molecular formula is C19H17N3O8S. The molecule has 2 aromatic carbocycles. The number of nitro benzene ring substituents is 1. The Bertz CT molecular complexity index is 1160. The number of Topliss-reactive ketones (excluding diaryl/α,β-unsaturated/α-hetero) is 1. The highest BCUT2D eigenvalue weighted by Gasteiger charge is 2.53.